The van der Waals surface area contributed by atoms with Gasteiger partial charge in [0.15, 0.2) is 6.10 Å². The lowest BCUT2D eigenvalue weighted by Crippen LogP contribution is -2.30. The highest BCUT2D eigenvalue weighted by molar-refractivity contribution is 6.01. The molecule has 1 atom stereocenters. The van der Waals surface area contributed by atoms with Crippen molar-refractivity contribution in [3.05, 3.63) is 46.8 Å². The van der Waals surface area contributed by atoms with Gasteiger partial charge in [-0.1, -0.05) is 0 Å². The van der Waals surface area contributed by atoms with Gasteiger partial charge in [-0.25, -0.2) is 9.59 Å². The number of anilines is 2. The molecule has 2 N–H and O–H groups in total. The number of rotatable bonds is 7. The normalized spacial score (nSPS) is 11.5. The van der Waals surface area contributed by atoms with E-state index in [1.54, 1.807) is 32.9 Å². The third kappa shape index (κ3) is 5.16. The van der Waals surface area contributed by atoms with Crippen LogP contribution in [0, 0.1) is 13.8 Å². The van der Waals surface area contributed by atoms with E-state index in [0.717, 1.165) is 5.69 Å². The second kappa shape index (κ2) is 9.27. The summed E-state index contributed by atoms with van der Waals surface area (Å²) in [4.78, 5) is 41.8. The van der Waals surface area contributed by atoms with E-state index in [1.165, 1.54) is 6.92 Å². The van der Waals surface area contributed by atoms with Gasteiger partial charge in [-0.05, 0) is 57.5 Å². The zero-order valence-electron chi connectivity index (χ0n) is 17.6. The molecule has 0 saturated carbocycles. The first-order valence-electron chi connectivity index (χ1n) is 9.31. The van der Waals surface area contributed by atoms with Crippen molar-refractivity contribution in [1.29, 1.82) is 0 Å². The molecule has 0 fully saturated rings. The Morgan fingerprint density at radius 3 is 2.28 bits per heavy atom. The summed E-state index contributed by atoms with van der Waals surface area (Å²) in [5, 5.41) is 2.72. The van der Waals surface area contributed by atoms with Gasteiger partial charge in [-0.15, -0.1) is 0 Å². The zero-order valence-corrected chi connectivity index (χ0v) is 17.6. The molecule has 1 aromatic heterocycles. The zero-order chi connectivity index (χ0) is 21.7. The molecule has 2 aromatic rings. The molecule has 0 bridgehead atoms. The van der Waals surface area contributed by atoms with Crippen molar-refractivity contribution in [2.45, 2.75) is 33.8 Å². The highest BCUT2D eigenvalue weighted by atomic mass is 16.5. The van der Waals surface area contributed by atoms with Crippen LogP contribution in [0.3, 0.4) is 0 Å². The Labute approximate surface area is 170 Å². The lowest BCUT2D eigenvalue weighted by Gasteiger charge is -2.15. The quantitative estimate of drug-likeness (QED) is 0.692. The molecule has 1 heterocycles. The van der Waals surface area contributed by atoms with E-state index in [-0.39, 0.29) is 17.9 Å². The second-order valence-corrected chi connectivity index (χ2v) is 6.82. The Morgan fingerprint density at radius 2 is 1.72 bits per heavy atom. The highest BCUT2D eigenvalue weighted by Crippen LogP contribution is 2.21. The molecule has 29 heavy (non-hydrogen) atoms. The molecule has 0 radical (unpaired) electrons. The predicted octanol–water partition coefficient (Wildman–Crippen LogP) is 3.06. The largest absolute Gasteiger partial charge is 0.461 e. The molecule has 2 rings (SSSR count). The van der Waals surface area contributed by atoms with E-state index in [2.05, 4.69) is 10.3 Å². The van der Waals surface area contributed by atoms with Crippen molar-refractivity contribution in [2.75, 3.05) is 30.9 Å². The number of aromatic nitrogens is 1. The molecule has 0 aliphatic carbocycles. The number of carbonyl (C=O) groups is 3. The maximum absolute atomic E-state index is 12.6. The van der Waals surface area contributed by atoms with E-state index >= 15 is 0 Å². The molecule has 156 valence electrons. The number of hydrogen-bond donors (Lipinski definition) is 2. The standard InChI is InChI=1S/C21H27N3O5/c1-7-28-21(27)18-12(2)17(13(3)22-18)20(26)29-14(4)19(25)23-15-8-10-16(11-9-15)24(5)6/h8-11,14,22H,7H2,1-6H3,(H,23,25)/t14-/m1/s1. The first-order chi connectivity index (χ1) is 13.6. The number of benzene rings is 1. The fraction of sp³-hybridized carbons (Fsp3) is 0.381. The van der Waals surface area contributed by atoms with E-state index in [9.17, 15) is 14.4 Å². The van der Waals surface area contributed by atoms with Crippen LogP contribution in [0.4, 0.5) is 11.4 Å². The summed E-state index contributed by atoms with van der Waals surface area (Å²) in [7, 11) is 3.85. The van der Waals surface area contributed by atoms with Crippen molar-refractivity contribution in [1.82, 2.24) is 4.98 Å². The van der Waals surface area contributed by atoms with Gasteiger partial charge in [-0.2, -0.15) is 0 Å². The van der Waals surface area contributed by atoms with E-state index in [0.29, 0.717) is 16.9 Å². The number of aromatic amines is 1. The fourth-order valence-electron chi connectivity index (χ4n) is 2.82. The molecule has 0 saturated heterocycles. The van der Waals surface area contributed by atoms with Gasteiger partial charge in [0.1, 0.15) is 5.69 Å². The van der Waals surface area contributed by atoms with Crippen LogP contribution in [0.15, 0.2) is 24.3 Å². The maximum Gasteiger partial charge on any atom is 0.355 e. The monoisotopic (exact) mass is 401 g/mol. The molecule has 8 heteroatoms. The topological polar surface area (TPSA) is 101 Å². The Balaban J connectivity index is 2.06. The van der Waals surface area contributed by atoms with Gasteiger partial charge in [0.25, 0.3) is 5.91 Å². The molecule has 0 aliphatic rings. The number of nitrogens with zero attached hydrogens (tertiary/aromatic N) is 1. The number of H-pyrrole nitrogens is 1. The number of ether oxygens (including phenoxy) is 2. The predicted molar refractivity (Wildman–Crippen MR) is 110 cm³/mol. The van der Waals surface area contributed by atoms with E-state index in [4.69, 9.17) is 9.47 Å². The average molecular weight is 401 g/mol. The van der Waals surface area contributed by atoms with Gasteiger partial charge < -0.3 is 24.7 Å². The van der Waals surface area contributed by atoms with Gasteiger partial charge in [0, 0.05) is 31.2 Å². The fourth-order valence-corrected chi connectivity index (χ4v) is 2.82. The summed E-state index contributed by atoms with van der Waals surface area (Å²) >= 11 is 0. The summed E-state index contributed by atoms with van der Waals surface area (Å²) in [6.45, 7) is 6.70. The number of carbonyl (C=O) groups excluding carboxylic acids is 3. The summed E-state index contributed by atoms with van der Waals surface area (Å²) in [5.74, 6) is -1.68. The van der Waals surface area contributed by atoms with Crippen molar-refractivity contribution >= 4 is 29.2 Å². The molecule has 0 spiro atoms. The summed E-state index contributed by atoms with van der Waals surface area (Å²) < 4.78 is 10.3. The van der Waals surface area contributed by atoms with Crippen LogP contribution in [0.2, 0.25) is 0 Å². The number of nitrogens with one attached hydrogen (secondary N) is 2. The number of aryl methyl sites for hydroxylation is 1. The average Bonchev–Trinajstić information content (AvgIpc) is 2.96. The van der Waals surface area contributed by atoms with Gasteiger partial charge in [0.2, 0.25) is 0 Å². The Morgan fingerprint density at radius 1 is 1.10 bits per heavy atom. The van der Waals surface area contributed by atoms with Crippen LogP contribution >= 0.6 is 0 Å². The summed E-state index contributed by atoms with van der Waals surface area (Å²) in [5.41, 5.74) is 2.93. The third-order valence-electron chi connectivity index (χ3n) is 4.43. The minimum Gasteiger partial charge on any atom is -0.461 e. The lowest BCUT2D eigenvalue weighted by atomic mass is 10.1. The van der Waals surface area contributed by atoms with Crippen LogP contribution in [0.5, 0.6) is 0 Å². The molecule has 0 aliphatic heterocycles. The molecule has 1 amide bonds. The second-order valence-electron chi connectivity index (χ2n) is 6.82. The van der Waals surface area contributed by atoms with E-state index in [1.807, 2.05) is 31.1 Å². The van der Waals surface area contributed by atoms with Crippen LogP contribution in [-0.2, 0) is 14.3 Å². The minimum atomic E-state index is -1.02. The van der Waals surface area contributed by atoms with Gasteiger partial charge in [0.05, 0.1) is 12.2 Å². The summed E-state index contributed by atoms with van der Waals surface area (Å²) in [6, 6.07) is 7.28. The van der Waals surface area contributed by atoms with Crippen molar-refractivity contribution in [3.63, 3.8) is 0 Å². The number of amides is 1. The molecule has 8 nitrogen and oxygen atoms in total. The highest BCUT2D eigenvalue weighted by Gasteiger charge is 2.26. The van der Waals surface area contributed by atoms with Gasteiger partial charge >= 0.3 is 11.9 Å². The molecule has 1 aromatic carbocycles. The Hall–Kier alpha value is -3.29. The Bertz CT molecular complexity index is 900. The molecule has 0 unspecified atom stereocenters. The lowest BCUT2D eigenvalue weighted by molar-refractivity contribution is -0.123. The number of hydrogen-bond acceptors (Lipinski definition) is 6. The Kier molecular flexibility index (Phi) is 7.03. The van der Waals surface area contributed by atoms with Crippen LogP contribution in [0.25, 0.3) is 0 Å². The first-order valence-corrected chi connectivity index (χ1v) is 9.31. The number of esters is 2. The summed E-state index contributed by atoms with van der Waals surface area (Å²) in [6.07, 6.45) is -1.02. The molecular weight excluding hydrogens is 374 g/mol. The van der Waals surface area contributed by atoms with Crippen molar-refractivity contribution in [3.8, 4) is 0 Å². The smallest absolute Gasteiger partial charge is 0.355 e. The van der Waals surface area contributed by atoms with Crippen LogP contribution in [0.1, 0.15) is 46.0 Å². The van der Waals surface area contributed by atoms with Crippen molar-refractivity contribution < 1.29 is 23.9 Å². The minimum absolute atomic E-state index is 0.203. The van der Waals surface area contributed by atoms with Crippen molar-refractivity contribution in [2.24, 2.45) is 0 Å². The SMILES string of the molecule is CCOC(=O)c1[nH]c(C)c(C(=O)O[C@H](C)C(=O)Nc2ccc(N(C)C)cc2)c1C. The maximum atomic E-state index is 12.6. The van der Waals surface area contributed by atoms with Gasteiger partial charge in [-0.3, -0.25) is 4.79 Å². The third-order valence-corrected chi connectivity index (χ3v) is 4.43. The molecular formula is C21H27N3O5. The van der Waals surface area contributed by atoms with E-state index < -0.39 is 23.9 Å². The van der Waals surface area contributed by atoms with Crippen LogP contribution in [-0.4, -0.2) is 49.6 Å². The van der Waals surface area contributed by atoms with Crippen LogP contribution < -0.4 is 10.2 Å². The first kappa shape index (κ1) is 22.0.